The number of H-pyrrole nitrogens is 1. The summed E-state index contributed by atoms with van der Waals surface area (Å²) in [7, 11) is 3.75. The second kappa shape index (κ2) is 9.15. The van der Waals surface area contributed by atoms with E-state index in [0.717, 1.165) is 29.5 Å². The minimum Gasteiger partial charge on any atom is -0.493 e. The number of aromatic nitrogens is 3. The van der Waals surface area contributed by atoms with Gasteiger partial charge in [-0.1, -0.05) is 6.07 Å². The minimum absolute atomic E-state index is 0.00302. The van der Waals surface area contributed by atoms with Crippen LogP contribution < -0.4 is 21.3 Å². The van der Waals surface area contributed by atoms with E-state index in [2.05, 4.69) is 20.3 Å². The molecule has 0 aliphatic carbocycles. The topological polar surface area (TPSA) is 106 Å². The highest BCUT2D eigenvalue weighted by molar-refractivity contribution is 5.87. The molecule has 4 N–H and O–H groups in total. The Morgan fingerprint density at radius 3 is 2.62 bits per heavy atom. The number of nitrogens with two attached hydrogens (primary N) is 1. The summed E-state index contributed by atoms with van der Waals surface area (Å²) in [5.74, 6) is 0.0979. The van der Waals surface area contributed by atoms with Gasteiger partial charge in [-0.15, -0.1) is 0 Å². The van der Waals surface area contributed by atoms with Crippen molar-refractivity contribution in [3.63, 3.8) is 0 Å². The van der Waals surface area contributed by atoms with Crippen LogP contribution in [0.5, 0.6) is 5.75 Å². The Labute approximate surface area is 184 Å². The first-order chi connectivity index (χ1) is 15.5. The number of hydrogen-bond donors (Lipinski definition) is 3. The molecule has 32 heavy (non-hydrogen) atoms. The number of nitrogen functional groups attached to an aromatic ring is 1. The average Bonchev–Trinajstić information content (AvgIpc) is 2.79. The molecular formula is C24H24FN5O2. The third kappa shape index (κ3) is 4.17. The van der Waals surface area contributed by atoms with Crippen molar-refractivity contribution in [2.45, 2.75) is 12.8 Å². The van der Waals surface area contributed by atoms with E-state index >= 15 is 0 Å². The quantitative estimate of drug-likeness (QED) is 0.447. The van der Waals surface area contributed by atoms with Gasteiger partial charge in [0.25, 0.3) is 5.56 Å². The zero-order chi connectivity index (χ0) is 22.7. The van der Waals surface area contributed by atoms with Gasteiger partial charge in [0, 0.05) is 22.7 Å². The van der Waals surface area contributed by atoms with Gasteiger partial charge in [0.05, 0.1) is 6.61 Å². The van der Waals surface area contributed by atoms with Crippen molar-refractivity contribution in [3.05, 3.63) is 70.5 Å². The second-order valence-electron chi connectivity index (χ2n) is 7.48. The lowest BCUT2D eigenvalue weighted by atomic mass is 10.0. The fourth-order valence-electron chi connectivity index (χ4n) is 3.67. The second-order valence-corrected chi connectivity index (χ2v) is 7.48. The molecule has 2 aromatic carbocycles. The third-order valence-corrected chi connectivity index (χ3v) is 5.11. The smallest absolute Gasteiger partial charge is 0.255 e. The van der Waals surface area contributed by atoms with E-state index in [4.69, 9.17) is 10.5 Å². The molecule has 7 nitrogen and oxygen atoms in total. The standard InChI is InChI=1S/C22H17FN4O2.C2H7N/c23-20-18(14-4-6-17-13(11-14)2-1-9-29-17)26-19(21(24)27-20)15-3-5-16-12(10-15)7-8-25-22(16)28;1-3-2/h3-8,10-11H,1-2,9H2,(H2,24,27)(H,25,28);3H,1-2H3. The number of hydrogen-bond acceptors (Lipinski definition) is 6. The lowest BCUT2D eigenvalue weighted by Gasteiger charge is -2.18. The number of rotatable bonds is 2. The van der Waals surface area contributed by atoms with Gasteiger partial charge in [-0.3, -0.25) is 4.79 Å². The van der Waals surface area contributed by atoms with E-state index in [1.165, 1.54) is 0 Å². The third-order valence-electron chi connectivity index (χ3n) is 5.11. The molecule has 4 aromatic rings. The van der Waals surface area contributed by atoms with Crippen molar-refractivity contribution in [2.75, 3.05) is 26.4 Å². The van der Waals surface area contributed by atoms with Crippen molar-refractivity contribution in [1.29, 1.82) is 0 Å². The number of ether oxygens (including phenoxy) is 1. The Hall–Kier alpha value is -3.78. The van der Waals surface area contributed by atoms with Crippen LogP contribution in [0.1, 0.15) is 12.0 Å². The molecule has 0 atom stereocenters. The summed E-state index contributed by atoms with van der Waals surface area (Å²) in [6.45, 7) is 0.692. The summed E-state index contributed by atoms with van der Waals surface area (Å²) in [5.41, 5.74) is 8.62. The number of benzene rings is 2. The van der Waals surface area contributed by atoms with E-state index in [1.807, 2.05) is 26.2 Å². The molecule has 5 rings (SSSR count). The van der Waals surface area contributed by atoms with Gasteiger partial charge >= 0.3 is 0 Å². The summed E-state index contributed by atoms with van der Waals surface area (Å²) in [4.78, 5) is 23.0. The van der Waals surface area contributed by atoms with Crippen molar-refractivity contribution >= 4 is 16.6 Å². The molecule has 8 heteroatoms. The minimum atomic E-state index is -0.722. The van der Waals surface area contributed by atoms with Crippen LogP contribution in [0.4, 0.5) is 10.2 Å². The molecular weight excluding hydrogens is 409 g/mol. The van der Waals surface area contributed by atoms with Gasteiger partial charge < -0.3 is 20.8 Å². The van der Waals surface area contributed by atoms with Crippen LogP contribution in [0.3, 0.4) is 0 Å². The van der Waals surface area contributed by atoms with Gasteiger partial charge in [-0.25, -0.2) is 4.98 Å². The van der Waals surface area contributed by atoms with Gasteiger partial charge in [-0.2, -0.15) is 9.37 Å². The van der Waals surface area contributed by atoms with Crippen LogP contribution in [-0.4, -0.2) is 35.7 Å². The molecule has 0 saturated heterocycles. The van der Waals surface area contributed by atoms with E-state index in [-0.39, 0.29) is 17.1 Å². The highest BCUT2D eigenvalue weighted by atomic mass is 19.1. The molecule has 0 amide bonds. The molecule has 0 fully saturated rings. The van der Waals surface area contributed by atoms with E-state index in [0.29, 0.717) is 28.8 Å². The maximum absolute atomic E-state index is 14.6. The Balaban J connectivity index is 0.000000775. The molecule has 0 bridgehead atoms. The Morgan fingerprint density at radius 2 is 1.81 bits per heavy atom. The molecule has 2 aromatic heterocycles. The number of pyridine rings is 1. The first kappa shape index (κ1) is 21.5. The normalized spacial score (nSPS) is 12.5. The summed E-state index contributed by atoms with van der Waals surface area (Å²) in [6.07, 6.45) is 3.38. The first-order valence-electron chi connectivity index (χ1n) is 10.3. The highest BCUT2D eigenvalue weighted by Gasteiger charge is 2.18. The zero-order valence-electron chi connectivity index (χ0n) is 17.9. The van der Waals surface area contributed by atoms with Gasteiger partial charge in [0.15, 0.2) is 5.82 Å². The van der Waals surface area contributed by atoms with Gasteiger partial charge in [0.1, 0.15) is 17.1 Å². The van der Waals surface area contributed by atoms with Gasteiger partial charge in [-0.05, 0) is 74.3 Å². The molecule has 0 saturated carbocycles. The number of anilines is 1. The van der Waals surface area contributed by atoms with Crippen molar-refractivity contribution in [1.82, 2.24) is 20.3 Å². The summed E-state index contributed by atoms with van der Waals surface area (Å²) < 4.78 is 20.3. The average molecular weight is 433 g/mol. The SMILES string of the molecule is CNC.Nc1nc(F)c(-c2ccc3c(c2)CCCO3)nc1-c1ccc2c(=O)[nH]ccc2c1. The van der Waals surface area contributed by atoms with E-state index in [9.17, 15) is 9.18 Å². The van der Waals surface area contributed by atoms with Crippen LogP contribution in [0, 0.1) is 5.95 Å². The van der Waals surface area contributed by atoms with Crippen molar-refractivity contribution < 1.29 is 9.13 Å². The molecule has 0 spiro atoms. The number of nitrogens with one attached hydrogen (secondary N) is 2. The van der Waals surface area contributed by atoms with Crippen LogP contribution in [0.2, 0.25) is 0 Å². The highest BCUT2D eigenvalue weighted by Crippen LogP contribution is 2.33. The van der Waals surface area contributed by atoms with E-state index < -0.39 is 5.95 Å². The maximum Gasteiger partial charge on any atom is 0.255 e. The predicted octanol–water partition coefficient (Wildman–Crippen LogP) is 3.53. The zero-order valence-corrected chi connectivity index (χ0v) is 17.9. The van der Waals surface area contributed by atoms with Crippen LogP contribution in [-0.2, 0) is 6.42 Å². The summed E-state index contributed by atoms with van der Waals surface area (Å²) in [6, 6.07) is 12.5. The number of aromatic amines is 1. The number of nitrogens with zero attached hydrogens (tertiary/aromatic N) is 2. The number of aryl methyl sites for hydroxylation is 1. The fraction of sp³-hybridized carbons (Fsp3) is 0.208. The molecule has 1 aliphatic heterocycles. The molecule has 0 radical (unpaired) electrons. The van der Waals surface area contributed by atoms with Crippen molar-refractivity contribution in [2.24, 2.45) is 0 Å². The molecule has 0 unspecified atom stereocenters. The Kier molecular flexibility index (Phi) is 6.13. The molecule has 164 valence electrons. The largest absolute Gasteiger partial charge is 0.493 e. The van der Waals surface area contributed by atoms with Crippen molar-refractivity contribution in [3.8, 4) is 28.3 Å². The first-order valence-corrected chi connectivity index (χ1v) is 10.3. The fourth-order valence-corrected chi connectivity index (χ4v) is 3.67. The Bertz CT molecular complexity index is 1340. The monoisotopic (exact) mass is 433 g/mol. The van der Waals surface area contributed by atoms with Crippen LogP contribution in [0.25, 0.3) is 33.3 Å². The molecule has 1 aliphatic rings. The summed E-state index contributed by atoms with van der Waals surface area (Å²) >= 11 is 0. The maximum atomic E-state index is 14.6. The van der Waals surface area contributed by atoms with E-state index in [1.54, 1.807) is 36.5 Å². The lowest BCUT2D eigenvalue weighted by Crippen LogP contribution is -2.09. The van der Waals surface area contributed by atoms with Crippen LogP contribution in [0.15, 0.2) is 53.5 Å². The molecule has 3 heterocycles. The number of halogens is 1. The number of fused-ring (bicyclic) bond motifs is 2. The van der Waals surface area contributed by atoms with Gasteiger partial charge in [0.2, 0.25) is 5.95 Å². The van der Waals surface area contributed by atoms with Crippen LogP contribution >= 0.6 is 0 Å². The lowest BCUT2D eigenvalue weighted by molar-refractivity contribution is 0.288. The predicted molar refractivity (Wildman–Crippen MR) is 124 cm³/mol. The summed E-state index contributed by atoms with van der Waals surface area (Å²) in [5, 5.41) is 4.05. The Morgan fingerprint density at radius 1 is 1.06 bits per heavy atom.